The Kier molecular flexibility index (Phi) is 14.1. The lowest BCUT2D eigenvalue weighted by Crippen LogP contribution is -2.61. The summed E-state index contributed by atoms with van der Waals surface area (Å²) in [6, 6.07) is -5.04. The number of aliphatic hydroxyl groups excluding tert-OH is 1. The Hall–Kier alpha value is -3.62. The molecule has 0 aromatic heterocycles. The van der Waals surface area contributed by atoms with Crippen molar-refractivity contribution < 1.29 is 48.5 Å². The lowest BCUT2D eigenvalue weighted by Gasteiger charge is -2.53. The van der Waals surface area contributed by atoms with Crippen LogP contribution in [0.3, 0.4) is 0 Å². The first kappa shape index (κ1) is 39.8. The van der Waals surface area contributed by atoms with Crippen molar-refractivity contribution in [3.63, 3.8) is 0 Å². The molecule has 0 aliphatic heterocycles. The minimum atomic E-state index is -1.48. The molecule has 0 heterocycles. The van der Waals surface area contributed by atoms with Gasteiger partial charge in [-0.3, -0.25) is 14.4 Å². The number of carboxylic acids is 1. The third-order valence-corrected chi connectivity index (χ3v) is 9.62. The zero-order valence-electron chi connectivity index (χ0n) is 29.9. The van der Waals surface area contributed by atoms with Crippen LogP contribution in [0, 0.1) is 29.6 Å². The summed E-state index contributed by atoms with van der Waals surface area (Å²) in [5, 5.41) is 32.5. The fourth-order valence-corrected chi connectivity index (χ4v) is 7.43. The van der Waals surface area contributed by atoms with E-state index in [2.05, 4.69) is 26.6 Å². The van der Waals surface area contributed by atoms with E-state index in [1.54, 1.807) is 34.6 Å². The molecule has 5 atom stereocenters. The van der Waals surface area contributed by atoms with Crippen molar-refractivity contribution in [1.29, 1.82) is 0 Å². The molecule has 15 heteroatoms. The molecule has 49 heavy (non-hydrogen) atoms. The van der Waals surface area contributed by atoms with Gasteiger partial charge < -0.3 is 46.3 Å². The van der Waals surface area contributed by atoms with E-state index in [9.17, 15) is 39.0 Å². The van der Waals surface area contributed by atoms with Crippen LogP contribution in [0.5, 0.6) is 0 Å². The average Bonchev–Trinajstić information content (AvgIpc) is 2.97. The lowest BCUT2D eigenvalue weighted by atomic mass is 9.55. The van der Waals surface area contributed by atoms with E-state index >= 15 is 0 Å². The highest BCUT2D eigenvalue weighted by molar-refractivity contribution is 5.95. The largest absolute Gasteiger partial charge is 0.480 e. The monoisotopic (exact) mass is 695 g/mol. The van der Waals surface area contributed by atoms with Crippen molar-refractivity contribution in [2.45, 2.75) is 142 Å². The van der Waals surface area contributed by atoms with Crippen LogP contribution < -0.4 is 26.6 Å². The van der Waals surface area contributed by atoms with Gasteiger partial charge in [0.2, 0.25) is 17.7 Å². The highest BCUT2D eigenvalue weighted by Gasteiger charge is 2.50. The predicted octanol–water partition coefficient (Wildman–Crippen LogP) is 2.20. The molecule has 4 aliphatic carbocycles. The van der Waals surface area contributed by atoms with Crippen LogP contribution in [0.4, 0.5) is 9.59 Å². The summed E-state index contributed by atoms with van der Waals surface area (Å²) in [6.45, 7) is 11.2. The summed E-state index contributed by atoms with van der Waals surface area (Å²) in [5.41, 5.74) is -0.797. The summed E-state index contributed by atoms with van der Waals surface area (Å²) in [7, 11) is 0. The molecule has 4 fully saturated rings. The fraction of sp³-hybridized carbons (Fsp3) is 0.824. The number of aliphatic carboxylic acids is 1. The van der Waals surface area contributed by atoms with Gasteiger partial charge in [0.15, 0.2) is 0 Å². The number of carbonyl (C=O) groups is 6. The average molecular weight is 696 g/mol. The number of hydrogen-bond acceptors (Lipinski definition) is 9. The molecule has 4 rings (SSSR count). The molecular weight excluding hydrogens is 638 g/mol. The molecule has 0 spiro atoms. The first-order valence-electron chi connectivity index (χ1n) is 17.6. The van der Waals surface area contributed by atoms with Gasteiger partial charge in [0.05, 0.1) is 6.10 Å². The van der Waals surface area contributed by atoms with E-state index in [1.165, 1.54) is 20.3 Å². The number of unbranched alkanes of at least 4 members (excludes halogenated alkanes) is 1. The molecular formula is C34H57N5O10. The van der Waals surface area contributed by atoms with Crippen LogP contribution in [0.25, 0.3) is 0 Å². The molecule has 4 aliphatic rings. The highest BCUT2D eigenvalue weighted by Crippen LogP contribution is 2.54. The smallest absolute Gasteiger partial charge is 0.408 e. The van der Waals surface area contributed by atoms with Crippen LogP contribution in [-0.2, 0) is 28.7 Å². The van der Waals surface area contributed by atoms with Crippen molar-refractivity contribution in [2.24, 2.45) is 29.6 Å². The van der Waals surface area contributed by atoms with E-state index in [-0.39, 0.29) is 12.5 Å². The van der Waals surface area contributed by atoms with E-state index < -0.39 is 77.7 Å². The Morgan fingerprint density at radius 3 is 1.80 bits per heavy atom. The lowest BCUT2D eigenvalue weighted by molar-refractivity contribution is -0.143. The Labute approximate surface area is 288 Å². The van der Waals surface area contributed by atoms with E-state index in [0.29, 0.717) is 31.2 Å². The molecule has 5 amide bonds. The number of ether oxygens (including phenoxy) is 2. The van der Waals surface area contributed by atoms with Crippen LogP contribution in [0.2, 0.25) is 0 Å². The van der Waals surface area contributed by atoms with Crippen LogP contribution in [-0.4, -0.2) is 94.6 Å². The van der Waals surface area contributed by atoms with E-state index in [4.69, 9.17) is 9.47 Å². The van der Waals surface area contributed by atoms with E-state index in [0.717, 1.165) is 37.5 Å². The summed E-state index contributed by atoms with van der Waals surface area (Å²) in [6.07, 6.45) is 4.13. The molecule has 4 saturated carbocycles. The predicted molar refractivity (Wildman–Crippen MR) is 178 cm³/mol. The topological polar surface area (TPSA) is 221 Å². The molecule has 0 radical (unpaired) electrons. The van der Waals surface area contributed by atoms with Crippen LogP contribution in [0.15, 0.2) is 0 Å². The molecule has 0 aromatic carbocycles. The molecule has 0 saturated heterocycles. The molecule has 278 valence electrons. The maximum Gasteiger partial charge on any atom is 0.408 e. The van der Waals surface area contributed by atoms with Gasteiger partial charge in [-0.05, 0) is 116 Å². The maximum atomic E-state index is 13.2. The van der Waals surface area contributed by atoms with Gasteiger partial charge in [0.1, 0.15) is 35.9 Å². The van der Waals surface area contributed by atoms with Crippen molar-refractivity contribution >= 4 is 35.9 Å². The number of hydrogen-bond donors (Lipinski definition) is 7. The summed E-state index contributed by atoms with van der Waals surface area (Å²) in [5.74, 6) is -1.68. The first-order chi connectivity index (χ1) is 22.8. The van der Waals surface area contributed by atoms with Crippen molar-refractivity contribution in [3.05, 3.63) is 0 Å². The second kappa shape index (κ2) is 17.3. The van der Waals surface area contributed by atoms with Crippen molar-refractivity contribution in [1.82, 2.24) is 26.6 Å². The second-order valence-corrected chi connectivity index (χ2v) is 15.4. The van der Waals surface area contributed by atoms with Crippen molar-refractivity contribution in [2.75, 3.05) is 6.54 Å². The number of nitrogens with one attached hydrogen (secondary N) is 5. The van der Waals surface area contributed by atoms with Crippen LogP contribution >= 0.6 is 0 Å². The summed E-state index contributed by atoms with van der Waals surface area (Å²) in [4.78, 5) is 75.6. The Morgan fingerprint density at radius 2 is 1.29 bits per heavy atom. The second-order valence-electron chi connectivity index (χ2n) is 15.4. The third-order valence-electron chi connectivity index (χ3n) is 9.62. The minimum absolute atomic E-state index is 0.0225. The number of aliphatic hydroxyl groups is 1. The Balaban J connectivity index is 1.45. The number of amides is 5. The van der Waals surface area contributed by atoms with Gasteiger partial charge in [-0.15, -0.1) is 0 Å². The Bertz CT molecular complexity index is 1170. The highest BCUT2D eigenvalue weighted by atomic mass is 16.6. The summed E-state index contributed by atoms with van der Waals surface area (Å²) >= 11 is 0. The standard InChI is InChI=1S/C34H57N5O10/c1-17(2)25(38-30(43)26(19(4)40)39-28(41)18(3)36-33(47)49-34(5,6)7)29(42)37-24(31(44)45)10-8-9-11-35-32(46)48-27-22-13-20-12-21(15-22)16-23(27)14-20/h17-27,40H,8-16H2,1-7H3,(H,35,46)(H,36,47)(H,37,42)(H,38,43)(H,39,41)(H,44,45)/t18-,19+,20?,21?,22?,23?,24-,25-,26-,27?/m0/s1. The van der Waals surface area contributed by atoms with Gasteiger partial charge in [-0.2, -0.15) is 0 Å². The quantitative estimate of drug-likeness (QED) is 0.117. The number of alkyl carbamates (subject to hydrolysis) is 2. The van der Waals surface area contributed by atoms with Gasteiger partial charge in [0.25, 0.3) is 0 Å². The molecule has 0 aromatic rings. The van der Waals surface area contributed by atoms with Gasteiger partial charge in [-0.1, -0.05) is 13.8 Å². The molecule has 7 N–H and O–H groups in total. The maximum absolute atomic E-state index is 13.2. The van der Waals surface area contributed by atoms with Gasteiger partial charge in [0, 0.05) is 6.54 Å². The fourth-order valence-electron chi connectivity index (χ4n) is 7.43. The number of rotatable bonds is 16. The number of carbonyl (C=O) groups excluding carboxylic acids is 5. The molecule has 0 unspecified atom stereocenters. The van der Waals surface area contributed by atoms with Crippen LogP contribution in [0.1, 0.15) is 99.8 Å². The van der Waals surface area contributed by atoms with E-state index in [1.807, 2.05) is 0 Å². The third kappa shape index (κ3) is 12.0. The van der Waals surface area contributed by atoms with Gasteiger partial charge >= 0.3 is 18.2 Å². The number of carboxylic acid groups (broad SMARTS) is 1. The summed E-state index contributed by atoms with van der Waals surface area (Å²) < 4.78 is 11.0. The zero-order valence-corrected chi connectivity index (χ0v) is 29.9. The molecule has 15 nitrogen and oxygen atoms in total. The van der Waals surface area contributed by atoms with Gasteiger partial charge in [-0.25, -0.2) is 14.4 Å². The minimum Gasteiger partial charge on any atom is -0.480 e. The normalized spacial score (nSPS) is 25.6. The molecule has 4 bridgehead atoms. The first-order valence-corrected chi connectivity index (χ1v) is 17.6. The zero-order chi connectivity index (χ0) is 36.6. The SMILES string of the molecule is CC(C)[C@H](NC(=O)[C@@H](NC(=O)[C@H](C)NC(=O)OC(C)(C)C)[C@@H](C)O)C(=O)N[C@@H](CCCCNC(=O)OC1C2CC3CC(C2)CC1C3)C(=O)O. The Morgan fingerprint density at radius 1 is 0.735 bits per heavy atom. The van der Waals surface area contributed by atoms with Crippen molar-refractivity contribution in [3.8, 4) is 0 Å².